The van der Waals surface area contributed by atoms with Crippen molar-refractivity contribution in [2.24, 2.45) is 0 Å². The van der Waals surface area contributed by atoms with Crippen LogP contribution in [0.15, 0.2) is 54.6 Å². The molecule has 3 atom stereocenters. The molecule has 0 aliphatic carbocycles. The van der Waals surface area contributed by atoms with Gasteiger partial charge in [0.05, 0.1) is 18.5 Å². The summed E-state index contributed by atoms with van der Waals surface area (Å²) in [5.74, 6) is -1.12. The molecule has 1 heterocycles. The van der Waals surface area contributed by atoms with E-state index in [4.69, 9.17) is 9.97 Å². The smallest absolute Gasteiger partial charge is 0.478 e. The van der Waals surface area contributed by atoms with Crippen LogP contribution in [-0.4, -0.2) is 45.0 Å². The van der Waals surface area contributed by atoms with Crippen LogP contribution < -0.4 is 0 Å². The van der Waals surface area contributed by atoms with Crippen LogP contribution in [0.25, 0.3) is 22.6 Å². The van der Waals surface area contributed by atoms with Gasteiger partial charge in [-0.2, -0.15) is 0 Å². The van der Waals surface area contributed by atoms with Crippen LogP contribution in [0.4, 0.5) is 4.39 Å². The lowest BCUT2D eigenvalue weighted by atomic mass is 9.93. The van der Waals surface area contributed by atoms with Gasteiger partial charge in [0.1, 0.15) is 11.9 Å². The summed E-state index contributed by atoms with van der Waals surface area (Å²) < 4.78 is 30.3. The van der Waals surface area contributed by atoms with Crippen molar-refractivity contribution >= 4 is 14.0 Å². The Morgan fingerprint density at radius 2 is 1.71 bits per heavy atom. The average molecular weight is 499 g/mol. The van der Waals surface area contributed by atoms with E-state index in [9.17, 15) is 24.0 Å². The number of aliphatic hydroxyl groups excluding tert-OH is 1. The van der Waals surface area contributed by atoms with E-state index in [0.717, 1.165) is 29.5 Å². The molecule has 0 saturated heterocycles. The second kappa shape index (κ2) is 12.1. The molecule has 0 bridgehead atoms. The monoisotopic (exact) mass is 499 g/mol. The fourth-order valence-electron chi connectivity index (χ4n) is 3.94. The zero-order chi connectivity index (χ0) is 25.5. The fraction of sp³-hybridized carbons (Fsp3) is 0.346. The van der Waals surface area contributed by atoms with Gasteiger partial charge in [0.2, 0.25) is 0 Å². The van der Waals surface area contributed by atoms with Crippen LogP contribution in [0.3, 0.4) is 0 Å². The molecule has 9 heteroatoms. The number of hydrogen-bond donors (Lipinski definition) is 2. The first-order valence-electron chi connectivity index (χ1n) is 11.4. The number of aliphatic hydroxyl groups is 1. The lowest BCUT2D eigenvalue weighted by Gasteiger charge is -2.19. The van der Waals surface area contributed by atoms with Gasteiger partial charge in [-0.3, -0.25) is 0 Å². The number of rotatable bonds is 11. The quantitative estimate of drug-likeness (QED) is 0.331. The molecule has 0 aliphatic rings. The van der Waals surface area contributed by atoms with Gasteiger partial charge in [-0.15, -0.1) is 4.52 Å². The molecule has 2 aromatic carbocycles. The Bertz CT molecular complexity index is 1170. The van der Waals surface area contributed by atoms with Crippen molar-refractivity contribution in [3.8, 4) is 22.6 Å². The third-order valence-corrected chi connectivity index (χ3v) is 7.07. The van der Waals surface area contributed by atoms with Crippen molar-refractivity contribution in [1.82, 2.24) is 9.97 Å². The SMILES string of the molecule is CO[P+](=O)[C@H](C(=O)O)C(O)CCCc1c(-c2ccc(F)cc2)nc(-c2ccccc2)nc1C(C)C. The van der Waals surface area contributed by atoms with E-state index < -0.39 is 25.8 Å². The number of aliphatic carboxylic acids is 1. The lowest BCUT2D eigenvalue weighted by molar-refractivity contribution is -0.138. The number of nitrogens with zero attached hydrogens (tertiary/aromatic N) is 2. The molecule has 0 amide bonds. The Kier molecular flexibility index (Phi) is 9.15. The van der Waals surface area contributed by atoms with Crippen molar-refractivity contribution in [1.29, 1.82) is 0 Å². The number of halogens is 1. The molecular weight excluding hydrogens is 470 g/mol. The van der Waals surface area contributed by atoms with Crippen LogP contribution in [0.1, 0.15) is 43.9 Å². The van der Waals surface area contributed by atoms with Gasteiger partial charge in [0.15, 0.2) is 5.82 Å². The van der Waals surface area contributed by atoms with Gasteiger partial charge in [0.25, 0.3) is 0 Å². The summed E-state index contributed by atoms with van der Waals surface area (Å²) in [6.45, 7) is 4.04. The van der Waals surface area contributed by atoms with Crippen LogP contribution >= 0.6 is 8.03 Å². The maximum Gasteiger partial charge on any atom is 0.525 e. The fourth-order valence-corrected chi connectivity index (χ4v) is 4.78. The Morgan fingerprint density at radius 1 is 1.06 bits per heavy atom. The predicted octanol–water partition coefficient (Wildman–Crippen LogP) is 5.60. The van der Waals surface area contributed by atoms with Gasteiger partial charge in [-0.25, -0.2) is 19.2 Å². The van der Waals surface area contributed by atoms with Gasteiger partial charge in [-0.1, -0.05) is 44.2 Å². The number of hydrogen-bond acceptors (Lipinski definition) is 6. The molecule has 3 rings (SSSR count). The largest absolute Gasteiger partial charge is 0.525 e. The standard InChI is InChI=1S/C26H28FN2O5P/c1-16(2)22-20(10-7-11-21(30)24(26(31)32)35(33)34-3)23(17-12-14-19(27)15-13-17)29-25(28-22)18-8-5-4-6-9-18/h4-6,8-9,12-16,21,24,30H,7,10-11H2,1-3H3/p+1/t21?,24-/m0/s1. The van der Waals surface area contributed by atoms with Gasteiger partial charge in [0, 0.05) is 16.7 Å². The molecule has 0 saturated carbocycles. The Balaban J connectivity index is 1.99. The van der Waals surface area contributed by atoms with Crippen LogP contribution in [0, 0.1) is 5.82 Å². The minimum atomic E-state index is -2.54. The highest BCUT2D eigenvalue weighted by Crippen LogP contribution is 2.34. The first-order chi connectivity index (χ1) is 16.7. The molecule has 7 nitrogen and oxygen atoms in total. The summed E-state index contributed by atoms with van der Waals surface area (Å²) in [6, 6.07) is 15.7. The van der Waals surface area contributed by atoms with Crippen LogP contribution in [0.5, 0.6) is 0 Å². The van der Waals surface area contributed by atoms with Crippen molar-refractivity contribution in [2.75, 3.05) is 7.11 Å². The maximum atomic E-state index is 13.6. The third kappa shape index (κ3) is 6.54. The minimum Gasteiger partial charge on any atom is -0.478 e. The van der Waals surface area contributed by atoms with Crippen molar-refractivity contribution in [3.63, 3.8) is 0 Å². The Hall–Kier alpha value is -3.06. The molecule has 0 radical (unpaired) electrons. The first-order valence-corrected chi connectivity index (χ1v) is 12.6. The van der Waals surface area contributed by atoms with E-state index in [-0.39, 0.29) is 18.2 Å². The molecule has 2 unspecified atom stereocenters. The zero-order valence-corrected chi connectivity index (χ0v) is 20.8. The summed E-state index contributed by atoms with van der Waals surface area (Å²) >= 11 is 0. The number of carboxylic acid groups (broad SMARTS) is 1. The van der Waals surface area contributed by atoms with Gasteiger partial charge in [-0.05, 0) is 54.0 Å². The lowest BCUT2D eigenvalue weighted by Crippen LogP contribution is -2.31. The zero-order valence-electron chi connectivity index (χ0n) is 19.9. The van der Waals surface area contributed by atoms with Crippen molar-refractivity contribution in [2.45, 2.75) is 50.8 Å². The summed E-state index contributed by atoms with van der Waals surface area (Å²) in [5, 5.41) is 19.8. The second-order valence-corrected chi connectivity index (χ2v) is 9.99. The molecule has 184 valence electrons. The van der Waals surface area contributed by atoms with E-state index in [1.165, 1.54) is 12.1 Å². The van der Waals surface area contributed by atoms with Crippen LogP contribution in [0.2, 0.25) is 0 Å². The minimum absolute atomic E-state index is 0.0503. The predicted molar refractivity (Wildman–Crippen MR) is 132 cm³/mol. The van der Waals surface area contributed by atoms with E-state index in [1.54, 1.807) is 12.1 Å². The average Bonchev–Trinajstić information content (AvgIpc) is 2.84. The number of carboxylic acids is 1. The number of carbonyl (C=O) groups is 1. The Labute approximate surface area is 204 Å². The third-order valence-electron chi connectivity index (χ3n) is 5.69. The second-order valence-electron chi connectivity index (χ2n) is 8.50. The molecule has 0 spiro atoms. The van der Waals surface area contributed by atoms with Crippen LogP contribution in [-0.2, 0) is 20.3 Å². The first kappa shape index (κ1) is 26.5. The molecule has 1 aromatic heterocycles. The van der Waals surface area contributed by atoms with Gasteiger partial charge < -0.3 is 10.2 Å². The Morgan fingerprint density at radius 3 is 2.29 bits per heavy atom. The molecule has 0 fully saturated rings. The van der Waals surface area contributed by atoms with E-state index in [1.807, 2.05) is 44.2 Å². The maximum absolute atomic E-state index is 13.6. The highest BCUT2D eigenvalue weighted by atomic mass is 31.1. The molecule has 3 aromatic rings. The van der Waals surface area contributed by atoms with Gasteiger partial charge >= 0.3 is 19.7 Å². The van der Waals surface area contributed by atoms with E-state index >= 15 is 0 Å². The van der Waals surface area contributed by atoms with E-state index in [2.05, 4.69) is 4.52 Å². The van der Waals surface area contributed by atoms with Crippen molar-refractivity contribution < 1.29 is 28.5 Å². The highest BCUT2D eigenvalue weighted by Gasteiger charge is 2.45. The topological polar surface area (TPSA) is 110 Å². The molecule has 35 heavy (non-hydrogen) atoms. The molecule has 0 aliphatic heterocycles. The summed E-state index contributed by atoms with van der Waals surface area (Å²) in [6.07, 6.45) is -0.387. The molecule has 2 N–H and O–H groups in total. The normalized spacial score (nSPS) is 13.5. The number of aromatic nitrogens is 2. The highest BCUT2D eigenvalue weighted by molar-refractivity contribution is 7.41. The van der Waals surface area contributed by atoms with E-state index in [0.29, 0.717) is 24.4 Å². The summed E-state index contributed by atoms with van der Waals surface area (Å²) in [7, 11) is -1.39. The summed E-state index contributed by atoms with van der Waals surface area (Å²) in [5.41, 5.74) is 2.41. The van der Waals surface area contributed by atoms with Crippen molar-refractivity contribution in [3.05, 3.63) is 71.7 Å². The summed E-state index contributed by atoms with van der Waals surface area (Å²) in [4.78, 5) is 21.2. The number of benzene rings is 2. The molecular formula is C26H29FN2O5P+.